The number of benzene rings is 3. The highest BCUT2D eigenvalue weighted by Gasteiger charge is 2.17. The molecule has 3 aromatic carbocycles. The average Bonchev–Trinajstić information content (AvgIpc) is 2.75. The number of amides is 1. The van der Waals surface area contributed by atoms with E-state index in [-0.39, 0.29) is 10.8 Å². The third kappa shape index (κ3) is 4.99. The second-order valence-electron chi connectivity index (χ2n) is 6.97. The number of anilines is 1. The molecule has 0 atom stereocenters. The molecule has 0 aliphatic heterocycles. The molecule has 1 amide bonds. The van der Waals surface area contributed by atoms with Crippen molar-refractivity contribution in [2.75, 3.05) is 18.9 Å². The molecule has 3 aromatic rings. The van der Waals surface area contributed by atoms with Gasteiger partial charge in [-0.1, -0.05) is 35.9 Å². The Morgan fingerprint density at radius 3 is 2.23 bits per heavy atom. The number of hydrogen-bond acceptors (Lipinski definition) is 4. The van der Waals surface area contributed by atoms with Crippen LogP contribution in [0, 0.1) is 6.92 Å². The molecule has 0 radical (unpaired) electrons. The zero-order chi connectivity index (χ0) is 21.7. The van der Waals surface area contributed by atoms with Gasteiger partial charge in [0.05, 0.1) is 12.0 Å². The fourth-order valence-electron chi connectivity index (χ4n) is 2.99. The molecule has 7 heteroatoms. The third-order valence-electron chi connectivity index (χ3n) is 4.66. The summed E-state index contributed by atoms with van der Waals surface area (Å²) in [6.07, 6.45) is 0. The molecule has 0 bridgehead atoms. The second kappa shape index (κ2) is 9.00. The van der Waals surface area contributed by atoms with Crippen LogP contribution in [0.4, 0.5) is 5.69 Å². The number of carbonyl (C=O) groups excluding carboxylic acids is 1. The normalized spacial score (nSPS) is 11.0. The smallest absolute Gasteiger partial charge is 0.261 e. The molecule has 3 rings (SSSR count). The van der Waals surface area contributed by atoms with Gasteiger partial charge in [-0.05, 0) is 49.4 Å². The minimum absolute atomic E-state index is 0.0898. The van der Waals surface area contributed by atoms with Crippen molar-refractivity contribution in [3.63, 3.8) is 0 Å². The third-order valence-corrected chi connectivity index (χ3v) is 6.06. The summed E-state index contributed by atoms with van der Waals surface area (Å²) in [7, 11) is -0.457. The van der Waals surface area contributed by atoms with Gasteiger partial charge in [0.25, 0.3) is 15.9 Å². The predicted octanol–water partition coefficient (Wildman–Crippen LogP) is 4.08. The number of methoxy groups -OCH3 is 1. The molecule has 156 valence electrons. The zero-order valence-corrected chi connectivity index (χ0v) is 17.9. The molecule has 0 unspecified atom stereocenters. The first-order valence-corrected chi connectivity index (χ1v) is 10.9. The molecule has 0 saturated heterocycles. The lowest BCUT2D eigenvalue weighted by Crippen LogP contribution is -2.26. The van der Waals surface area contributed by atoms with Gasteiger partial charge in [-0.2, -0.15) is 0 Å². The molecule has 0 aromatic heterocycles. The van der Waals surface area contributed by atoms with Crippen molar-refractivity contribution in [3.05, 3.63) is 89.5 Å². The summed E-state index contributed by atoms with van der Waals surface area (Å²) >= 11 is 0. The maximum absolute atomic E-state index is 12.8. The zero-order valence-electron chi connectivity index (χ0n) is 17.1. The Hall–Kier alpha value is -3.32. The molecule has 0 aliphatic rings. The first-order valence-electron chi connectivity index (χ1n) is 9.37. The maximum atomic E-state index is 12.8. The van der Waals surface area contributed by atoms with Crippen molar-refractivity contribution in [1.82, 2.24) is 4.90 Å². The van der Waals surface area contributed by atoms with E-state index in [0.717, 1.165) is 11.1 Å². The van der Waals surface area contributed by atoms with Crippen LogP contribution in [0.5, 0.6) is 5.75 Å². The number of ether oxygens (including phenoxy) is 1. The number of nitrogens with zero attached hydrogens (tertiary/aromatic N) is 1. The van der Waals surface area contributed by atoms with Crippen LogP contribution in [0.2, 0.25) is 0 Å². The predicted molar refractivity (Wildman–Crippen MR) is 117 cm³/mol. The number of carbonyl (C=O) groups is 1. The molecule has 0 spiro atoms. The molecule has 0 fully saturated rings. The fourth-order valence-corrected chi connectivity index (χ4v) is 4.05. The Balaban J connectivity index is 1.72. The van der Waals surface area contributed by atoms with Gasteiger partial charge in [0.15, 0.2) is 0 Å². The topological polar surface area (TPSA) is 75.7 Å². The molecule has 0 heterocycles. The van der Waals surface area contributed by atoms with E-state index >= 15 is 0 Å². The molecule has 30 heavy (non-hydrogen) atoms. The molecule has 1 N–H and O–H groups in total. The quantitative estimate of drug-likeness (QED) is 0.620. The minimum Gasteiger partial charge on any atom is -0.496 e. The van der Waals surface area contributed by atoms with E-state index in [4.69, 9.17) is 4.74 Å². The fraction of sp³-hybridized carbons (Fsp3) is 0.174. The van der Waals surface area contributed by atoms with Crippen LogP contribution in [-0.2, 0) is 16.6 Å². The average molecular weight is 425 g/mol. The number of hydrogen-bond donors (Lipinski definition) is 1. The van der Waals surface area contributed by atoms with Crippen molar-refractivity contribution in [2.45, 2.75) is 18.4 Å². The van der Waals surface area contributed by atoms with Crippen LogP contribution in [0.15, 0.2) is 77.7 Å². The van der Waals surface area contributed by atoms with Gasteiger partial charge < -0.3 is 9.64 Å². The van der Waals surface area contributed by atoms with Gasteiger partial charge in [0.2, 0.25) is 0 Å². The summed E-state index contributed by atoms with van der Waals surface area (Å²) in [5.41, 5.74) is 2.81. The van der Waals surface area contributed by atoms with E-state index in [0.29, 0.717) is 23.5 Å². The van der Waals surface area contributed by atoms with Gasteiger partial charge in [-0.15, -0.1) is 0 Å². The Kier molecular flexibility index (Phi) is 6.42. The number of rotatable bonds is 7. The van der Waals surface area contributed by atoms with Gasteiger partial charge in [0, 0.05) is 30.4 Å². The Morgan fingerprint density at radius 1 is 0.967 bits per heavy atom. The van der Waals surface area contributed by atoms with Gasteiger partial charge in [-0.25, -0.2) is 8.42 Å². The van der Waals surface area contributed by atoms with Gasteiger partial charge >= 0.3 is 0 Å². The summed E-state index contributed by atoms with van der Waals surface area (Å²) in [6.45, 7) is 2.30. The second-order valence-corrected chi connectivity index (χ2v) is 8.65. The van der Waals surface area contributed by atoms with Crippen LogP contribution in [0.3, 0.4) is 0 Å². The van der Waals surface area contributed by atoms with E-state index in [1.807, 2.05) is 43.3 Å². The van der Waals surface area contributed by atoms with Crippen molar-refractivity contribution >= 4 is 21.6 Å². The molecule has 0 aliphatic carbocycles. The summed E-state index contributed by atoms with van der Waals surface area (Å²) in [5.74, 6) is 0.497. The SMILES string of the molecule is COc1ccccc1CN(C)C(=O)c1ccc(S(=O)(=O)Nc2ccc(C)cc2)cc1. The number of sulfonamides is 1. The largest absolute Gasteiger partial charge is 0.496 e. The van der Waals surface area contributed by atoms with E-state index < -0.39 is 10.0 Å². The van der Waals surface area contributed by atoms with Crippen molar-refractivity contribution in [1.29, 1.82) is 0 Å². The van der Waals surface area contributed by atoms with Crippen LogP contribution in [0.1, 0.15) is 21.5 Å². The molecular weight excluding hydrogens is 400 g/mol. The van der Waals surface area contributed by atoms with Gasteiger partial charge in [0.1, 0.15) is 5.75 Å². The van der Waals surface area contributed by atoms with E-state index in [1.54, 1.807) is 31.2 Å². The standard InChI is InChI=1S/C23H24N2O4S/c1-17-8-12-20(13-9-17)24-30(27,28)21-14-10-18(11-15-21)23(26)25(2)16-19-6-4-5-7-22(19)29-3/h4-15,24H,16H2,1-3H3. The monoisotopic (exact) mass is 424 g/mol. The maximum Gasteiger partial charge on any atom is 0.261 e. The molecule has 0 saturated carbocycles. The van der Waals surface area contributed by atoms with Crippen LogP contribution < -0.4 is 9.46 Å². The first-order chi connectivity index (χ1) is 14.3. The lowest BCUT2D eigenvalue weighted by molar-refractivity contribution is 0.0784. The summed E-state index contributed by atoms with van der Waals surface area (Å²) in [6, 6.07) is 20.5. The molecular formula is C23H24N2O4S. The lowest BCUT2D eigenvalue weighted by Gasteiger charge is -2.19. The lowest BCUT2D eigenvalue weighted by atomic mass is 10.1. The first kappa shape index (κ1) is 21.4. The number of aryl methyl sites for hydroxylation is 1. The Bertz CT molecular complexity index is 1120. The Labute approximate surface area is 177 Å². The number of nitrogens with one attached hydrogen (secondary N) is 1. The van der Waals surface area contributed by atoms with E-state index in [2.05, 4.69) is 4.72 Å². The highest BCUT2D eigenvalue weighted by atomic mass is 32.2. The molecule has 6 nitrogen and oxygen atoms in total. The van der Waals surface area contributed by atoms with Crippen LogP contribution in [-0.4, -0.2) is 33.4 Å². The van der Waals surface area contributed by atoms with Gasteiger partial charge in [-0.3, -0.25) is 9.52 Å². The highest BCUT2D eigenvalue weighted by Crippen LogP contribution is 2.21. The van der Waals surface area contributed by atoms with Crippen molar-refractivity contribution in [3.8, 4) is 5.75 Å². The Morgan fingerprint density at radius 2 is 1.60 bits per heavy atom. The summed E-state index contributed by atoms with van der Waals surface area (Å²) in [4.78, 5) is 14.4. The summed E-state index contributed by atoms with van der Waals surface area (Å²) in [5, 5.41) is 0. The van der Waals surface area contributed by atoms with Crippen LogP contribution >= 0.6 is 0 Å². The van der Waals surface area contributed by atoms with E-state index in [9.17, 15) is 13.2 Å². The summed E-state index contributed by atoms with van der Waals surface area (Å²) < 4.78 is 33.1. The van der Waals surface area contributed by atoms with Crippen molar-refractivity contribution < 1.29 is 17.9 Å². The number of para-hydroxylation sites is 1. The highest BCUT2D eigenvalue weighted by molar-refractivity contribution is 7.92. The minimum atomic E-state index is -3.74. The van der Waals surface area contributed by atoms with Crippen LogP contribution in [0.25, 0.3) is 0 Å². The van der Waals surface area contributed by atoms with Crippen molar-refractivity contribution in [2.24, 2.45) is 0 Å². The van der Waals surface area contributed by atoms with E-state index in [1.165, 1.54) is 24.3 Å².